The molecule has 0 spiro atoms. The van der Waals surface area contributed by atoms with E-state index >= 15 is 0 Å². The van der Waals surface area contributed by atoms with Crippen molar-refractivity contribution in [3.05, 3.63) is 46.2 Å². The van der Waals surface area contributed by atoms with Crippen LogP contribution in [-0.2, 0) is 0 Å². The summed E-state index contributed by atoms with van der Waals surface area (Å²) in [4.78, 5) is 13.3. The van der Waals surface area contributed by atoms with Crippen LogP contribution in [0.1, 0.15) is 10.5 Å². The van der Waals surface area contributed by atoms with Gasteiger partial charge in [0, 0.05) is 6.20 Å². The molecule has 76 valence electrons. The number of hydrogen-bond donors (Lipinski definition) is 1. The Kier molecular flexibility index (Phi) is 2.80. The van der Waals surface area contributed by atoms with E-state index in [1.807, 2.05) is 6.07 Å². The topological polar surface area (TPSA) is 32.9 Å². The number of benzene rings is 1. The van der Waals surface area contributed by atoms with Gasteiger partial charge in [-0.05, 0) is 29.3 Å². The fraction of sp³-hybridized carbons (Fsp3) is 0. The van der Waals surface area contributed by atoms with Crippen LogP contribution in [0, 0.1) is 0 Å². The molecule has 1 aromatic heterocycles. The second-order valence-corrected chi connectivity index (χ2v) is 3.90. The highest BCUT2D eigenvalue weighted by atomic mass is 35.5. The van der Waals surface area contributed by atoms with Gasteiger partial charge in [-0.1, -0.05) is 29.3 Å². The monoisotopic (exact) mass is 239 g/mol. The first-order chi connectivity index (χ1) is 7.20. The van der Waals surface area contributed by atoms with Gasteiger partial charge in [-0.25, -0.2) is 0 Å². The maximum atomic E-state index is 10.5. The van der Waals surface area contributed by atoms with Gasteiger partial charge in [0.15, 0.2) is 6.29 Å². The lowest BCUT2D eigenvalue weighted by atomic mass is 10.1. The van der Waals surface area contributed by atoms with Gasteiger partial charge in [0.25, 0.3) is 0 Å². The highest BCUT2D eigenvalue weighted by molar-refractivity contribution is 6.42. The first kappa shape index (κ1) is 10.3. The zero-order valence-corrected chi connectivity index (χ0v) is 9.14. The smallest absolute Gasteiger partial charge is 0.166 e. The van der Waals surface area contributed by atoms with E-state index in [4.69, 9.17) is 23.2 Å². The molecule has 0 atom stereocenters. The summed E-state index contributed by atoms with van der Waals surface area (Å²) in [6.45, 7) is 0. The van der Waals surface area contributed by atoms with Crippen molar-refractivity contribution in [1.82, 2.24) is 4.98 Å². The summed E-state index contributed by atoms with van der Waals surface area (Å²) < 4.78 is 0. The highest BCUT2D eigenvalue weighted by Crippen LogP contribution is 2.28. The molecule has 15 heavy (non-hydrogen) atoms. The molecule has 0 aliphatic rings. The van der Waals surface area contributed by atoms with Gasteiger partial charge in [-0.15, -0.1) is 0 Å². The van der Waals surface area contributed by atoms with Crippen molar-refractivity contribution in [2.75, 3.05) is 0 Å². The molecule has 1 aromatic carbocycles. The average Bonchev–Trinajstić information content (AvgIpc) is 2.70. The maximum absolute atomic E-state index is 10.5. The Morgan fingerprint density at radius 2 is 1.87 bits per heavy atom. The molecule has 0 amide bonds. The van der Waals surface area contributed by atoms with Crippen LogP contribution < -0.4 is 0 Å². The molecule has 0 bridgehead atoms. The van der Waals surface area contributed by atoms with E-state index < -0.39 is 0 Å². The molecule has 0 unspecified atom stereocenters. The molecule has 4 heteroatoms. The summed E-state index contributed by atoms with van der Waals surface area (Å²) in [5.74, 6) is 0. The summed E-state index contributed by atoms with van der Waals surface area (Å²) in [5, 5.41) is 1.02. The zero-order valence-electron chi connectivity index (χ0n) is 7.63. The number of carbonyl (C=O) groups excluding carboxylic acids is 1. The van der Waals surface area contributed by atoms with E-state index in [-0.39, 0.29) is 0 Å². The van der Waals surface area contributed by atoms with Crippen LogP contribution in [0.4, 0.5) is 0 Å². The third-order valence-electron chi connectivity index (χ3n) is 2.09. The Bertz CT molecular complexity index is 505. The maximum Gasteiger partial charge on any atom is 0.166 e. The van der Waals surface area contributed by atoms with E-state index in [0.717, 1.165) is 17.4 Å². The minimum absolute atomic E-state index is 0.503. The first-order valence-electron chi connectivity index (χ1n) is 4.30. The van der Waals surface area contributed by atoms with Gasteiger partial charge in [-0.3, -0.25) is 4.79 Å². The van der Waals surface area contributed by atoms with Crippen molar-refractivity contribution >= 4 is 29.5 Å². The number of H-pyrrole nitrogens is 1. The third-order valence-corrected chi connectivity index (χ3v) is 2.82. The van der Waals surface area contributed by atoms with Crippen molar-refractivity contribution < 1.29 is 4.79 Å². The molecule has 1 heterocycles. The van der Waals surface area contributed by atoms with Gasteiger partial charge in [0.05, 0.1) is 15.7 Å². The Morgan fingerprint density at radius 1 is 1.07 bits per heavy atom. The predicted molar refractivity (Wildman–Crippen MR) is 61.6 cm³/mol. The lowest BCUT2D eigenvalue weighted by Crippen LogP contribution is -1.75. The number of carbonyl (C=O) groups is 1. The van der Waals surface area contributed by atoms with Gasteiger partial charge >= 0.3 is 0 Å². The van der Waals surface area contributed by atoms with Crippen LogP contribution in [-0.4, -0.2) is 11.3 Å². The number of nitrogens with one attached hydrogen (secondary N) is 1. The van der Waals surface area contributed by atoms with Crippen LogP contribution >= 0.6 is 23.2 Å². The molecule has 0 saturated heterocycles. The van der Waals surface area contributed by atoms with Crippen LogP contribution in [0.15, 0.2) is 30.5 Å². The minimum atomic E-state index is 0.503. The second kappa shape index (κ2) is 4.09. The standard InChI is InChI=1S/C11H7Cl2NO/c12-10-2-1-7(4-11(10)13)8-3-9(6-15)14-5-8/h1-6,14H. The normalized spacial score (nSPS) is 10.3. The zero-order chi connectivity index (χ0) is 10.8. The van der Waals surface area contributed by atoms with Gasteiger partial charge in [0.2, 0.25) is 0 Å². The van der Waals surface area contributed by atoms with Crippen molar-refractivity contribution in [2.24, 2.45) is 0 Å². The molecular formula is C11H7Cl2NO. The molecule has 2 aromatic rings. The van der Waals surface area contributed by atoms with Crippen LogP contribution in [0.3, 0.4) is 0 Å². The van der Waals surface area contributed by atoms with E-state index in [0.29, 0.717) is 15.7 Å². The second-order valence-electron chi connectivity index (χ2n) is 3.09. The summed E-state index contributed by atoms with van der Waals surface area (Å²) in [6, 6.07) is 7.10. The van der Waals surface area contributed by atoms with Crippen molar-refractivity contribution in [3.8, 4) is 11.1 Å². The number of halogens is 2. The minimum Gasteiger partial charge on any atom is -0.358 e. The Morgan fingerprint density at radius 3 is 2.47 bits per heavy atom. The Labute approximate surface area is 96.8 Å². The summed E-state index contributed by atoms with van der Waals surface area (Å²) in [7, 11) is 0. The van der Waals surface area contributed by atoms with E-state index in [1.54, 1.807) is 24.4 Å². The Hall–Kier alpha value is -1.25. The van der Waals surface area contributed by atoms with Crippen LogP contribution in [0.5, 0.6) is 0 Å². The molecule has 1 N–H and O–H groups in total. The number of aromatic nitrogens is 1. The lowest BCUT2D eigenvalue weighted by Gasteiger charge is -1.99. The number of aromatic amines is 1. The SMILES string of the molecule is O=Cc1cc(-c2ccc(Cl)c(Cl)c2)c[nH]1. The first-order valence-corrected chi connectivity index (χ1v) is 5.05. The number of rotatable bonds is 2. The summed E-state index contributed by atoms with van der Waals surface area (Å²) in [5.41, 5.74) is 2.38. The average molecular weight is 240 g/mol. The van der Waals surface area contributed by atoms with E-state index in [1.165, 1.54) is 0 Å². The lowest BCUT2D eigenvalue weighted by molar-refractivity contribution is 0.111. The highest BCUT2D eigenvalue weighted by Gasteiger charge is 2.04. The number of hydrogen-bond acceptors (Lipinski definition) is 1. The van der Waals surface area contributed by atoms with Gasteiger partial charge in [0.1, 0.15) is 0 Å². The van der Waals surface area contributed by atoms with Crippen molar-refractivity contribution in [1.29, 1.82) is 0 Å². The quantitative estimate of drug-likeness (QED) is 0.795. The molecule has 0 radical (unpaired) electrons. The third kappa shape index (κ3) is 2.06. The molecular weight excluding hydrogens is 233 g/mol. The Balaban J connectivity index is 2.44. The molecule has 0 aliphatic carbocycles. The molecule has 2 nitrogen and oxygen atoms in total. The number of aldehydes is 1. The van der Waals surface area contributed by atoms with Crippen molar-refractivity contribution in [2.45, 2.75) is 0 Å². The fourth-order valence-electron chi connectivity index (χ4n) is 1.32. The van der Waals surface area contributed by atoms with Crippen molar-refractivity contribution in [3.63, 3.8) is 0 Å². The fourth-order valence-corrected chi connectivity index (χ4v) is 1.62. The largest absolute Gasteiger partial charge is 0.358 e. The molecule has 2 rings (SSSR count). The predicted octanol–water partition coefficient (Wildman–Crippen LogP) is 3.80. The van der Waals surface area contributed by atoms with E-state index in [2.05, 4.69) is 4.98 Å². The molecule has 0 saturated carbocycles. The molecule has 0 aliphatic heterocycles. The van der Waals surface area contributed by atoms with Gasteiger partial charge in [-0.2, -0.15) is 0 Å². The molecule has 0 fully saturated rings. The van der Waals surface area contributed by atoms with E-state index in [9.17, 15) is 4.79 Å². The van der Waals surface area contributed by atoms with Gasteiger partial charge < -0.3 is 4.98 Å². The van der Waals surface area contributed by atoms with Crippen LogP contribution in [0.25, 0.3) is 11.1 Å². The van der Waals surface area contributed by atoms with Crippen LogP contribution in [0.2, 0.25) is 10.0 Å². The summed E-state index contributed by atoms with van der Waals surface area (Å²) >= 11 is 11.7. The summed E-state index contributed by atoms with van der Waals surface area (Å²) in [6.07, 6.45) is 2.52.